The third-order valence-electron chi connectivity index (χ3n) is 3.78. The van der Waals surface area contributed by atoms with Gasteiger partial charge in [-0.1, -0.05) is 0 Å². The number of amides is 1. The Labute approximate surface area is 125 Å². The van der Waals surface area contributed by atoms with Crippen LogP contribution in [0.25, 0.3) is 0 Å². The molecule has 1 aromatic rings. The Hall–Kier alpha value is -1.14. The third kappa shape index (κ3) is 3.49. The van der Waals surface area contributed by atoms with Crippen molar-refractivity contribution in [2.24, 2.45) is 0 Å². The number of carbonyl (C=O) groups excluding carboxylic acids is 1. The van der Waals surface area contributed by atoms with Crippen molar-refractivity contribution < 1.29 is 4.79 Å². The molecule has 1 amide bonds. The van der Waals surface area contributed by atoms with Crippen LogP contribution in [0, 0.1) is 0 Å². The molecule has 20 heavy (non-hydrogen) atoms. The van der Waals surface area contributed by atoms with Crippen molar-refractivity contribution in [2.45, 2.75) is 32.4 Å². The zero-order valence-electron chi connectivity index (χ0n) is 12.8. The fourth-order valence-electron chi connectivity index (χ4n) is 2.37. The molecule has 0 saturated carbocycles. The molecule has 1 aliphatic rings. The summed E-state index contributed by atoms with van der Waals surface area (Å²) in [4.78, 5) is 23.7. The summed E-state index contributed by atoms with van der Waals surface area (Å²) in [7, 11) is 5.58. The first-order chi connectivity index (χ1) is 9.49. The molecule has 0 aliphatic carbocycles. The van der Waals surface area contributed by atoms with Crippen LogP contribution in [0.2, 0.25) is 0 Å². The molecule has 0 N–H and O–H groups in total. The lowest BCUT2D eigenvalue weighted by molar-refractivity contribution is -0.133. The fourth-order valence-corrected chi connectivity index (χ4v) is 3.40. The molecule has 0 radical (unpaired) electrons. The Kier molecular flexibility index (Phi) is 4.99. The van der Waals surface area contributed by atoms with Gasteiger partial charge in [-0.15, -0.1) is 11.3 Å². The molecule has 1 aromatic heterocycles. The van der Waals surface area contributed by atoms with Gasteiger partial charge >= 0.3 is 0 Å². The van der Waals surface area contributed by atoms with E-state index in [2.05, 4.69) is 14.8 Å². The minimum atomic E-state index is -0.109. The highest BCUT2D eigenvalue weighted by Gasteiger charge is 2.21. The highest BCUT2D eigenvalue weighted by Crippen LogP contribution is 2.26. The van der Waals surface area contributed by atoms with E-state index in [1.54, 1.807) is 30.3 Å². The van der Waals surface area contributed by atoms with Gasteiger partial charge in [0.2, 0.25) is 5.91 Å². The largest absolute Gasteiger partial charge is 0.348 e. The van der Waals surface area contributed by atoms with Gasteiger partial charge in [-0.25, -0.2) is 4.98 Å². The molecule has 0 bridgehead atoms. The SMILES string of the molecule is C[C@@H](C(=O)N(C)C)N(C)Cc1cnc(N2CCCC2)s1. The van der Waals surface area contributed by atoms with Crippen LogP contribution in [0.15, 0.2) is 6.20 Å². The highest BCUT2D eigenvalue weighted by molar-refractivity contribution is 7.15. The Morgan fingerprint density at radius 3 is 2.65 bits per heavy atom. The van der Waals surface area contributed by atoms with Crippen molar-refractivity contribution in [3.05, 3.63) is 11.1 Å². The van der Waals surface area contributed by atoms with Gasteiger partial charge in [-0.3, -0.25) is 9.69 Å². The molecule has 5 nitrogen and oxygen atoms in total. The van der Waals surface area contributed by atoms with Gasteiger partial charge < -0.3 is 9.80 Å². The number of carbonyl (C=O) groups is 1. The molecule has 1 fully saturated rings. The van der Waals surface area contributed by atoms with E-state index in [-0.39, 0.29) is 11.9 Å². The van der Waals surface area contributed by atoms with Gasteiger partial charge in [-0.05, 0) is 26.8 Å². The Morgan fingerprint density at radius 1 is 1.40 bits per heavy atom. The zero-order chi connectivity index (χ0) is 14.7. The van der Waals surface area contributed by atoms with Crippen LogP contribution in [-0.4, -0.2) is 61.0 Å². The average Bonchev–Trinajstić information content (AvgIpc) is 3.06. The number of anilines is 1. The average molecular weight is 296 g/mol. The van der Waals surface area contributed by atoms with E-state index >= 15 is 0 Å². The summed E-state index contributed by atoms with van der Waals surface area (Å²) < 4.78 is 0. The first-order valence-electron chi connectivity index (χ1n) is 7.10. The number of likely N-dealkylation sites (N-methyl/N-ethyl adjacent to an activating group) is 2. The predicted octanol–water partition coefficient (Wildman–Crippen LogP) is 1.65. The fraction of sp³-hybridized carbons (Fsp3) is 0.714. The van der Waals surface area contributed by atoms with E-state index in [9.17, 15) is 4.79 Å². The first kappa shape index (κ1) is 15.3. The lowest BCUT2D eigenvalue weighted by Gasteiger charge is -2.25. The number of rotatable bonds is 5. The number of nitrogens with zero attached hydrogens (tertiary/aromatic N) is 4. The van der Waals surface area contributed by atoms with Crippen molar-refractivity contribution in [3.63, 3.8) is 0 Å². The summed E-state index contributed by atoms with van der Waals surface area (Å²) >= 11 is 1.74. The molecular formula is C14H24N4OS. The van der Waals surface area contributed by atoms with Crippen LogP contribution in [0.5, 0.6) is 0 Å². The Balaban J connectivity index is 1.94. The van der Waals surface area contributed by atoms with Gasteiger partial charge in [0.15, 0.2) is 5.13 Å². The standard InChI is InChI=1S/C14H24N4OS/c1-11(13(19)16(2)3)17(4)10-12-9-15-14(20-12)18-7-5-6-8-18/h9,11H,5-8,10H2,1-4H3/t11-/m0/s1. The molecule has 112 valence electrons. The first-order valence-corrected chi connectivity index (χ1v) is 7.91. The highest BCUT2D eigenvalue weighted by atomic mass is 32.1. The minimum absolute atomic E-state index is 0.109. The zero-order valence-corrected chi connectivity index (χ0v) is 13.6. The molecule has 0 unspecified atom stereocenters. The van der Waals surface area contributed by atoms with E-state index < -0.39 is 0 Å². The lowest BCUT2D eigenvalue weighted by Crippen LogP contribution is -2.42. The van der Waals surface area contributed by atoms with Crippen LogP contribution in [-0.2, 0) is 11.3 Å². The van der Waals surface area contributed by atoms with Gasteiger partial charge in [0.1, 0.15) is 0 Å². The number of hydrogen-bond acceptors (Lipinski definition) is 5. The molecule has 1 aliphatic heterocycles. The van der Waals surface area contributed by atoms with E-state index in [4.69, 9.17) is 0 Å². The Morgan fingerprint density at radius 2 is 2.05 bits per heavy atom. The van der Waals surface area contributed by atoms with Gasteiger partial charge in [0.05, 0.1) is 6.04 Å². The maximum Gasteiger partial charge on any atom is 0.239 e. The summed E-state index contributed by atoms with van der Waals surface area (Å²) in [6, 6.07) is -0.109. The van der Waals surface area contributed by atoms with Gasteiger partial charge in [0, 0.05) is 44.8 Å². The summed E-state index contributed by atoms with van der Waals surface area (Å²) in [6.07, 6.45) is 4.48. The monoisotopic (exact) mass is 296 g/mol. The van der Waals surface area contributed by atoms with Crippen LogP contribution in [0.3, 0.4) is 0 Å². The molecule has 1 saturated heterocycles. The smallest absolute Gasteiger partial charge is 0.239 e. The molecule has 2 rings (SSSR count). The second kappa shape index (κ2) is 6.54. The Bertz CT molecular complexity index is 454. The van der Waals surface area contributed by atoms with E-state index in [0.717, 1.165) is 24.8 Å². The lowest BCUT2D eigenvalue weighted by atomic mass is 10.2. The topological polar surface area (TPSA) is 39.7 Å². The summed E-state index contributed by atoms with van der Waals surface area (Å²) in [5.74, 6) is 0.136. The maximum atomic E-state index is 12.0. The number of thiazole rings is 1. The van der Waals surface area contributed by atoms with Crippen molar-refractivity contribution in [1.29, 1.82) is 0 Å². The number of hydrogen-bond donors (Lipinski definition) is 0. The molecule has 2 heterocycles. The van der Waals surface area contributed by atoms with E-state index in [1.165, 1.54) is 17.7 Å². The second-order valence-corrected chi connectivity index (χ2v) is 6.72. The van der Waals surface area contributed by atoms with Crippen molar-refractivity contribution in [1.82, 2.24) is 14.8 Å². The molecular weight excluding hydrogens is 272 g/mol. The second-order valence-electron chi connectivity index (χ2n) is 5.63. The summed E-state index contributed by atoms with van der Waals surface area (Å²) in [5.41, 5.74) is 0. The molecule has 0 aromatic carbocycles. The van der Waals surface area contributed by atoms with Crippen LogP contribution < -0.4 is 4.90 Å². The van der Waals surface area contributed by atoms with Crippen LogP contribution in [0.1, 0.15) is 24.6 Å². The van der Waals surface area contributed by atoms with Gasteiger partial charge in [0.25, 0.3) is 0 Å². The predicted molar refractivity (Wildman–Crippen MR) is 83.2 cm³/mol. The summed E-state index contributed by atoms with van der Waals surface area (Å²) in [6.45, 7) is 4.97. The van der Waals surface area contributed by atoms with E-state index in [1.807, 2.05) is 20.2 Å². The molecule has 6 heteroatoms. The van der Waals surface area contributed by atoms with Crippen molar-refractivity contribution in [2.75, 3.05) is 39.1 Å². The van der Waals surface area contributed by atoms with Crippen LogP contribution in [0.4, 0.5) is 5.13 Å². The number of aromatic nitrogens is 1. The summed E-state index contributed by atoms with van der Waals surface area (Å²) in [5, 5.41) is 1.12. The molecule has 1 atom stereocenters. The maximum absolute atomic E-state index is 12.0. The van der Waals surface area contributed by atoms with Crippen LogP contribution >= 0.6 is 11.3 Å². The van der Waals surface area contributed by atoms with Crippen molar-refractivity contribution >= 4 is 22.4 Å². The quantitative estimate of drug-likeness (QED) is 0.828. The third-order valence-corrected chi connectivity index (χ3v) is 4.83. The van der Waals surface area contributed by atoms with Gasteiger partial charge in [-0.2, -0.15) is 0 Å². The van der Waals surface area contributed by atoms with Crippen molar-refractivity contribution in [3.8, 4) is 0 Å². The minimum Gasteiger partial charge on any atom is -0.348 e. The van der Waals surface area contributed by atoms with E-state index in [0.29, 0.717) is 0 Å². The normalized spacial score (nSPS) is 16.8. The molecule has 0 spiro atoms.